The number of nitrogens with zero attached hydrogens (tertiary/aromatic N) is 2. The Hall–Kier alpha value is -1.80. The molecular formula is C18H26F3N3O2. The normalized spacial score (nSPS) is 18.6. The van der Waals surface area contributed by atoms with Crippen LogP contribution in [-0.2, 0) is 15.8 Å². The largest absolute Gasteiger partial charge is 0.416 e. The molecular weight excluding hydrogens is 347 g/mol. The number of alkyl halides is 3. The first kappa shape index (κ1) is 20.5. The molecule has 0 radical (unpaired) electrons. The third kappa shape index (κ3) is 5.11. The van der Waals surface area contributed by atoms with Gasteiger partial charge in [-0.15, -0.1) is 5.06 Å². The van der Waals surface area contributed by atoms with Gasteiger partial charge < -0.3 is 10.6 Å². The first-order valence-electron chi connectivity index (χ1n) is 8.57. The number of anilines is 1. The zero-order chi connectivity index (χ0) is 19.7. The van der Waals surface area contributed by atoms with Crippen molar-refractivity contribution in [2.75, 3.05) is 31.9 Å². The smallest absolute Gasteiger partial charge is 0.399 e. The summed E-state index contributed by atoms with van der Waals surface area (Å²) < 4.78 is 39.0. The highest BCUT2D eigenvalue weighted by Crippen LogP contribution is 2.34. The summed E-state index contributed by atoms with van der Waals surface area (Å²) >= 11 is 0. The zero-order valence-electron chi connectivity index (χ0n) is 15.6. The molecule has 1 heterocycles. The van der Waals surface area contributed by atoms with Crippen LogP contribution < -0.4 is 5.73 Å². The number of carbonyl (C=O) groups excluding carboxylic acids is 1. The molecule has 8 heteroatoms. The summed E-state index contributed by atoms with van der Waals surface area (Å²) in [6.45, 7) is 9.36. The lowest BCUT2D eigenvalue weighted by molar-refractivity contribution is -0.207. The van der Waals surface area contributed by atoms with Crippen LogP contribution >= 0.6 is 0 Å². The van der Waals surface area contributed by atoms with Crippen LogP contribution in [0.2, 0.25) is 0 Å². The van der Waals surface area contributed by atoms with E-state index < -0.39 is 17.2 Å². The van der Waals surface area contributed by atoms with Crippen molar-refractivity contribution in [3.05, 3.63) is 29.3 Å². The minimum absolute atomic E-state index is 0.0967. The molecule has 2 rings (SSSR count). The lowest BCUT2D eigenvalue weighted by Gasteiger charge is -2.37. The number of piperazine rings is 1. The monoisotopic (exact) mass is 373 g/mol. The Morgan fingerprint density at radius 2 is 1.69 bits per heavy atom. The lowest BCUT2D eigenvalue weighted by atomic mass is 9.98. The Morgan fingerprint density at radius 3 is 2.19 bits per heavy atom. The Morgan fingerprint density at radius 1 is 1.12 bits per heavy atom. The van der Waals surface area contributed by atoms with Crippen LogP contribution in [-0.4, -0.2) is 42.1 Å². The third-order valence-electron chi connectivity index (χ3n) is 4.43. The van der Waals surface area contributed by atoms with E-state index in [0.717, 1.165) is 12.1 Å². The number of nitrogens with two attached hydrogens (primary N) is 1. The number of halogens is 3. The number of hydroxylamine groups is 2. The summed E-state index contributed by atoms with van der Waals surface area (Å²) in [5, 5.41) is 1.61. The fourth-order valence-corrected chi connectivity index (χ4v) is 2.73. The highest BCUT2D eigenvalue weighted by Gasteiger charge is 2.33. The minimum Gasteiger partial charge on any atom is -0.399 e. The Labute approximate surface area is 151 Å². The molecule has 1 aliphatic rings. The van der Waals surface area contributed by atoms with Crippen molar-refractivity contribution < 1.29 is 22.8 Å². The van der Waals surface area contributed by atoms with E-state index in [1.165, 1.54) is 0 Å². The number of hydrogen-bond acceptors (Lipinski definition) is 5. The summed E-state index contributed by atoms with van der Waals surface area (Å²) in [5.41, 5.74) is 4.96. The molecule has 0 spiro atoms. The van der Waals surface area contributed by atoms with Gasteiger partial charge >= 0.3 is 12.1 Å². The number of carbonyl (C=O) groups is 1. The van der Waals surface area contributed by atoms with Gasteiger partial charge in [0.2, 0.25) is 0 Å². The van der Waals surface area contributed by atoms with Crippen molar-refractivity contribution >= 4 is 11.7 Å². The van der Waals surface area contributed by atoms with E-state index in [9.17, 15) is 18.0 Å². The van der Waals surface area contributed by atoms with Gasteiger partial charge in [-0.3, -0.25) is 4.90 Å². The van der Waals surface area contributed by atoms with Crippen LogP contribution in [0.15, 0.2) is 18.2 Å². The average molecular weight is 373 g/mol. The Bertz CT molecular complexity index is 648. The maximum Gasteiger partial charge on any atom is 0.416 e. The number of nitrogen functional groups attached to an aromatic ring is 1. The molecule has 0 bridgehead atoms. The van der Waals surface area contributed by atoms with Gasteiger partial charge in [0.05, 0.1) is 11.0 Å². The molecule has 1 aliphatic heterocycles. The lowest BCUT2D eigenvalue weighted by Crippen LogP contribution is -2.48. The molecule has 1 atom stereocenters. The van der Waals surface area contributed by atoms with Crippen molar-refractivity contribution in [2.24, 2.45) is 5.41 Å². The second-order valence-corrected chi connectivity index (χ2v) is 7.66. The number of hydrogen-bond donors (Lipinski definition) is 1. The molecule has 1 saturated heterocycles. The summed E-state index contributed by atoms with van der Waals surface area (Å²) in [6.07, 6.45) is -4.43. The molecule has 0 saturated carbocycles. The summed E-state index contributed by atoms with van der Waals surface area (Å²) in [4.78, 5) is 19.4. The zero-order valence-corrected chi connectivity index (χ0v) is 15.6. The van der Waals surface area contributed by atoms with Crippen molar-refractivity contribution in [3.8, 4) is 0 Å². The van der Waals surface area contributed by atoms with E-state index in [0.29, 0.717) is 31.7 Å². The molecule has 26 heavy (non-hydrogen) atoms. The Balaban J connectivity index is 2.01. The third-order valence-corrected chi connectivity index (χ3v) is 4.43. The van der Waals surface area contributed by atoms with Crippen LogP contribution in [0.4, 0.5) is 18.9 Å². The van der Waals surface area contributed by atoms with Crippen LogP contribution in [0.25, 0.3) is 0 Å². The number of benzene rings is 1. The van der Waals surface area contributed by atoms with Gasteiger partial charge in [0, 0.05) is 37.9 Å². The molecule has 5 nitrogen and oxygen atoms in total. The van der Waals surface area contributed by atoms with Crippen LogP contribution in [0.1, 0.15) is 44.9 Å². The van der Waals surface area contributed by atoms with E-state index in [2.05, 4.69) is 4.90 Å². The predicted octanol–water partition coefficient (Wildman–Crippen LogP) is 3.47. The molecule has 0 aliphatic carbocycles. The predicted molar refractivity (Wildman–Crippen MR) is 93.0 cm³/mol. The SMILES string of the molecule is CC(c1cc(N)cc(C(F)(F)F)c1)N1CCN(OC(=O)C(C)(C)C)CC1. The fourth-order valence-electron chi connectivity index (χ4n) is 2.73. The summed E-state index contributed by atoms with van der Waals surface area (Å²) in [6, 6.07) is 3.44. The molecule has 1 aromatic rings. The molecule has 1 aromatic carbocycles. The maximum absolute atomic E-state index is 13.0. The first-order chi connectivity index (χ1) is 11.9. The standard InChI is InChI=1S/C18H26F3N3O2/c1-12(13-9-14(18(19,20)21)11-15(22)10-13)23-5-7-24(8-6-23)26-16(25)17(2,3)4/h9-12H,5-8,22H2,1-4H3. The molecule has 0 aromatic heterocycles. The van der Waals surface area contributed by atoms with Crippen LogP contribution in [0.5, 0.6) is 0 Å². The molecule has 2 N–H and O–H groups in total. The highest BCUT2D eigenvalue weighted by molar-refractivity contribution is 5.75. The van der Waals surface area contributed by atoms with Gasteiger partial charge in [-0.2, -0.15) is 13.2 Å². The van der Waals surface area contributed by atoms with Gasteiger partial charge in [0.1, 0.15) is 0 Å². The second kappa shape index (κ2) is 7.44. The topological polar surface area (TPSA) is 58.8 Å². The van der Waals surface area contributed by atoms with Gasteiger partial charge in [-0.05, 0) is 51.5 Å². The van der Waals surface area contributed by atoms with E-state index in [1.807, 2.05) is 6.92 Å². The highest BCUT2D eigenvalue weighted by atomic mass is 19.4. The second-order valence-electron chi connectivity index (χ2n) is 7.66. The Kier molecular flexibility index (Phi) is 5.87. The summed E-state index contributed by atoms with van der Waals surface area (Å²) in [7, 11) is 0. The van der Waals surface area contributed by atoms with Gasteiger partial charge in [0.25, 0.3) is 0 Å². The van der Waals surface area contributed by atoms with Crippen molar-refractivity contribution in [3.63, 3.8) is 0 Å². The maximum atomic E-state index is 13.0. The van der Waals surface area contributed by atoms with Crippen molar-refractivity contribution in [1.29, 1.82) is 0 Å². The van der Waals surface area contributed by atoms with E-state index >= 15 is 0 Å². The fraction of sp³-hybridized carbons (Fsp3) is 0.611. The quantitative estimate of drug-likeness (QED) is 0.822. The first-order valence-corrected chi connectivity index (χ1v) is 8.57. The summed E-state index contributed by atoms with van der Waals surface area (Å²) in [5.74, 6) is -0.301. The van der Waals surface area contributed by atoms with Crippen LogP contribution in [0.3, 0.4) is 0 Å². The molecule has 0 amide bonds. The van der Waals surface area contributed by atoms with Gasteiger partial charge in [-0.25, -0.2) is 4.79 Å². The van der Waals surface area contributed by atoms with E-state index in [4.69, 9.17) is 10.6 Å². The number of rotatable bonds is 3. The van der Waals surface area contributed by atoms with E-state index in [1.54, 1.807) is 31.9 Å². The van der Waals surface area contributed by atoms with Crippen molar-refractivity contribution in [1.82, 2.24) is 9.96 Å². The van der Waals surface area contributed by atoms with Crippen LogP contribution in [0, 0.1) is 5.41 Å². The molecule has 146 valence electrons. The van der Waals surface area contributed by atoms with E-state index in [-0.39, 0.29) is 17.7 Å². The average Bonchev–Trinajstić information content (AvgIpc) is 2.52. The van der Waals surface area contributed by atoms with Gasteiger partial charge in [-0.1, -0.05) is 0 Å². The molecule has 1 fully saturated rings. The van der Waals surface area contributed by atoms with Crippen molar-refractivity contribution in [2.45, 2.75) is 39.9 Å². The molecule has 1 unspecified atom stereocenters. The minimum atomic E-state index is -4.43. The van der Waals surface area contributed by atoms with Gasteiger partial charge in [0.15, 0.2) is 0 Å².